The van der Waals surface area contributed by atoms with Crippen LogP contribution in [0.5, 0.6) is 0 Å². The quantitative estimate of drug-likeness (QED) is 0.767. The molecule has 5 rings (SSSR count). The van der Waals surface area contributed by atoms with Gasteiger partial charge in [0.2, 0.25) is 5.91 Å². The molecular weight excluding hydrogens is 402 g/mol. The van der Waals surface area contributed by atoms with Gasteiger partial charge in [0, 0.05) is 29.4 Å². The van der Waals surface area contributed by atoms with Crippen molar-refractivity contribution in [3.05, 3.63) is 41.5 Å². The van der Waals surface area contributed by atoms with E-state index in [1.54, 1.807) is 28.5 Å². The highest BCUT2D eigenvalue weighted by atomic mass is 32.1. The number of likely N-dealkylation sites (tertiary alicyclic amines) is 1. The standard InChI is InChI=1S/C22H23N3O4S/c26-17-12-29-18-5-6-25(20(17)18)22(28)16(8-13-3-4-13)24-21(27)15-9-14(10-23-11-15)19-2-1-7-30-19/h1-2,7,9-11,13,16,18,20H,3-6,8,12H2,(H,24,27). The van der Waals surface area contributed by atoms with E-state index in [2.05, 4.69) is 10.3 Å². The molecule has 30 heavy (non-hydrogen) atoms. The lowest BCUT2D eigenvalue weighted by Crippen LogP contribution is -2.52. The molecule has 2 aromatic rings. The highest BCUT2D eigenvalue weighted by molar-refractivity contribution is 7.13. The Bertz CT molecular complexity index is 973. The first-order chi connectivity index (χ1) is 14.6. The van der Waals surface area contributed by atoms with Crippen LogP contribution in [0.1, 0.15) is 36.0 Å². The van der Waals surface area contributed by atoms with Gasteiger partial charge in [-0.15, -0.1) is 11.3 Å². The van der Waals surface area contributed by atoms with Crippen molar-refractivity contribution in [1.29, 1.82) is 0 Å². The molecule has 2 saturated heterocycles. The number of carbonyl (C=O) groups is 3. The third-order valence-corrected chi connectivity index (χ3v) is 6.99. The third-order valence-electron chi connectivity index (χ3n) is 6.07. The predicted molar refractivity (Wildman–Crippen MR) is 111 cm³/mol. The number of pyridine rings is 1. The number of ether oxygens (including phenoxy) is 1. The maximum absolute atomic E-state index is 13.3. The third kappa shape index (κ3) is 3.77. The zero-order valence-corrected chi connectivity index (χ0v) is 17.3. The Labute approximate surface area is 178 Å². The summed E-state index contributed by atoms with van der Waals surface area (Å²) in [5.74, 6) is -0.0902. The summed E-state index contributed by atoms with van der Waals surface area (Å²) >= 11 is 1.58. The predicted octanol–water partition coefficient (Wildman–Crippen LogP) is 2.28. The number of hydrogen-bond acceptors (Lipinski definition) is 6. The number of nitrogens with zero attached hydrogens (tertiary/aromatic N) is 2. The van der Waals surface area contributed by atoms with Crippen LogP contribution in [0.2, 0.25) is 0 Å². The molecule has 1 N–H and O–H groups in total. The molecule has 1 saturated carbocycles. The van der Waals surface area contributed by atoms with Gasteiger partial charge in [0.05, 0.1) is 11.7 Å². The average Bonchev–Trinajstić information content (AvgIpc) is 3.13. The molecule has 2 amide bonds. The number of fused-ring (bicyclic) bond motifs is 1. The number of rotatable bonds is 6. The molecule has 156 valence electrons. The Morgan fingerprint density at radius 1 is 1.30 bits per heavy atom. The molecule has 4 heterocycles. The van der Waals surface area contributed by atoms with Gasteiger partial charge >= 0.3 is 0 Å². The van der Waals surface area contributed by atoms with E-state index >= 15 is 0 Å². The summed E-state index contributed by atoms with van der Waals surface area (Å²) in [4.78, 5) is 45.4. The van der Waals surface area contributed by atoms with Crippen LogP contribution in [0.3, 0.4) is 0 Å². The maximum atomic E-state index is 13.3. The lowest BCUT2D eigenvalue weighted by Gasteiger charge is -2.27. The lowest BCUT2D eigenvalue weighted by molar-refractivity contribution is -0.138. The minimum Gasteiger partial charge on any atom is -0.368 e. The van der Waals surface area contributed by atoms with Crippen LogP contribution in [0.4, 0.5) is 0 Å². The molecule has 3 fully saturated rings. The molecule has 1 aliphatic carbocycles. The molecule has 3 aliphatic rings. The summed E-state index contributed by atoms with van der Waals surface area (Å²) in [6, 6.07) is 4.59. The summed E-state index contributed by atoms with van der Waals surface area (Å²) < 4.78 is 5.50. The fourth-order valence-electron chi connectivity index (χ4n) is 4.33. The minimum atomic E-state index is -0.637. The first-order valence-corrected chi connectivity index (χ1v) is 11.2. The van der Waals surface area contributed by atoms with Crippen molar-refractivity contribution < 1.29 is 19.1 Å². The number of carbonyl (C=O) groups excluding carboxylic acids is 3. The van der Waals surface area contributed by atoms with Gasteiger partial charge in [-0.25, -0.2) is 0 Å². The summed E-state index contributed by atoms with van der Waals surface area (Å²) in [6.45, 7) is 0.562. The Morgan fingerprint density at radius 3 is 2.93 bits per heavy atom. The molecule has 2 aromatic heterocycles. The van der Waals surface area contributed by atoms with Gasteiger partial charge in [0.1, 0.15) is 18.7 Å². The van der Waals surface area contributed by atoms with E-state index in [9.17, 15) is 14.4 Å². The van der Waals surface area contributed by atoms with Crippen molar-refractivity contribution in [3.63, 3.8) is 0 Å². The average molecular weight is 426 g/mol. The Kier molecular flexibility index (Phi) is 5.12. The topological polar surface area (TPSA) is 88.6 Å². The summed E-state index contributed by atoms with van der Waals surface area (Å²) in [7, 11) is 0. The largest absolute Gasteiger partial charge is 0.368 e. The second-order valence-corrected chi connectivity index (χ2v) is 9.17. The van der Waals surface area contributed by atoms with Gasteiger partial charge in [-0.3, -0.25) is 19.4 Å². The molecule has 8 heteroatoms. The van der Waals surface area contributed by atoms with Crippen LogP contribution in [-0.4, -0.2) is 58.8 Å². The van der Waals surface area contributed by atoms with E-state index in [0.717, 1.165) is 23.3 Å². The molecule has 3 unspecified atom stereocenters. The molecule has 2 aliphatic heterocycles. The first kappa shape index (κ1) is 19.4. The smallest absolute Gasteiger partial charge is 0.253 e. The molecule has 0 aromatic carbocycles. The van der Waals surface area contributed by atoms with Crippen molar-refractivity contribution in [1.82, 2.24) is 15.2 Å². The lowest BCUT2D eigenvalue weighted by atomic mass is 10.1. The van der Waals surface area contributed by atoms with Crippen molar-refractivity contribution in [2.75, 3.05) is 13.2 Å². The monoisotopic (exact) mass is 425 g/mol. The summed E-state index contributed by atoms with van der Waals surface area (Å²) in [5.41, 5.74) is 1.30. The number of aromatic nitrogens is 1. The van der Waals surface area contributed by atoms with E-state index in [1.807, 2.05) is 17.5 Å². The number of Topliss-reactive ketones (excluding diaryl/α,β-unsaturated/α-hetero) is 1. The Morgan fingerprint density at radius 2 is 2.17 bits per heavy atom. The number of ketones is 1. The molecular formula is C22H23N3O4S. The van der Waals surface area contributed by atoms with E-state index in [-0.39, 0.29) is 30.3 Å². The zero-order chi connectivity index (χ0) is 20.7. The zero-order valence-electron chi connectivity index (χ0n) is 16.5. The van der Waals surface area contributed by atoms with Crippen LogP contribution < -0.4 is 5.32 Å². The Hall–Kier alpha value is -2.58. The number of nitrogens with one attached hydrogen (secondary N) is 1. The number of thiophene rings is 1. The van der Waals surface area contributed by atoms with Gasteiger partial charge in [-0.2, -0.15) is 0 Å². The number of hydrogen-bond donors (Lipinski definition) is 1. The molecule has 0 spiro atoms. The van der Waals surface area contributed by atoms with Gasteiger partial charge in [0.25, 0.3) is 5.91 Å². The fourth-order valence-corrected chi connectivity index (χ4v) is 5.04. The van der Waals surface area contributed by atoms with Crippen LogP contribution in [-0.2, 0) is 14.3 Å². The molecule has 3 atom stereocenters. The van der Waals surface area contributed by atoms with Crippen molar-refractivity contribution in [2.45, 2.75) is 43.9 Å². The van der Waals surface area contributed by atoms with Crippen molar-refractivity contribution in [3.8, 4) is 10.4 Å². The summed E-state index contributed by atoms with van der Waals surface area (Å²) in [6.07, 6.45) is 6.46. The number of amides is 2. The normalized spacial score (nSPS) is 24.0. The van der Waals surface area contributed by atoms with Gasteiger partial charge in [-0.05, 0) is 36.3 Å². The molecule has 7 nitrogen and oxygen atoms in total. The maximum Gasteiger partial charge on any atom is 0.253 e. The second-order valence-electron chi connectivity index (χ2n) is 8.23. The van der Waals surface area contributed by atoms with Crippen LogP contribution in [0, 0.1) is 5.92 Å². The SMILES string of the molecule is O=C(NC(CC1CC1)C(=O)N1CCC2OCC(=O)C21)c1cncc(-c2cccs2)c1. The first-order valence-electron chi connectivity index (χ1n) is 10.3. The fraction of sp³-hybridized carbons (Fsp3) is 0.455. The van der Waals surface area contributed by atoms with Crippen LogP contribution >= 0.6 is 11.3 Å². The van der Waals surface area contributed by atoms with Gasteiger partial charge < -0.3 is 15.0 Å². The molecule has 0 bridgehead atoms. The minimum absolute atomic E-state index is 0.0461. The van der Waals surface area contributed by atoms with E-state index in [0.29, 0.717) is 30.9 Å². The second kappa shape index (κ2) is 7.92. The van der Waals surface area contributed by atoms with Gasteiger partial charge in [-0.1, -0.05) is 18.9 Å². The van der Waals surface area contributed by atoms with E-state index in [1.165, 1.54) is 6.20 Å². The highest BCUT2D eigenvalue weighted by Crippen LogP contribution is 2.35. The molecule has 0 radical (unpaired) electrons. The highest BCUT2D eigenvalue weighted by Gasteiger charge is 2.48. The van der Waals surface area contributed by atoms with Crippen LogP contribution in [0.15, 0.2) is 36.0 Å². The van der Waals surface area contributed by atoms with Crippen molar-refractivity contribution in [2.24, 2.45) is 5.92 Å². The van der Waals surface area contributed by atoms with E-state index in [4.69, 9.17) is 4.74 Å². The van der Waals surface area contributed by atoms with Gasteiger partial charge in [0.15, 0.2) is 5.78 Å². The summed E-state index contributed by atoms with van der Waals surface area (Å²) in [5, 5.41) is 4.91. The van der Waals surface area contributed by atoms with Crippen molar-refractivity contribution >= 4 is 28.9 Å². The van der Waals surface area contributed by atoms with E-state index < -0.39 is 12.1 Å². The van der Waals surface area contributed by atoms with Crippen LogP contribution in [0.25, 0.3) is 10.4 Å². The Balaban J connectivity index is 1.33.